The molecule has 0 spiro atoms. The molecule has 0 aliphatic rings. The zero-order valence-corrected chi connectivity index (χ0v) is 12.2. The van der Waals surface area contributed by atoms with E-state index in [4.69, 9.17) is 11.6 Å². The summed E-state index contributed by atoms with van der Waals surface area (Å²) in [6.07, 6.45) is 1.66. The lowest BCUT2D eigenvalue weighted by molar-refractivity contribution is 0.162. The Morgan fingerprint density at radius 3 is 2.33 bits per heavy atom. The van der Waals surface area contributed by atoms with Crippen LogP contribution in [-0.2, 0) is 0 Å². The van der Waals surface area contributed by atoms with Crippen LogP contribution in [-0.4, -0.2) is 17.8 Å². The predicted octanol–water partition coefficient (Wildman–Crippen LogP) is 3.79. The Labute approximate surface area is 115 Å². The van der Waals surface area contributed by atoms with Gasteiger partial charge in [-0.05, 0) is 49.9 Å². The maximum absolute atomic E-state index is 9.35. The van der Waals surface area contributed by atoms with E-state index in [0.29, 0.717) is 12.0 Å². The van der Waals surface area contributed by atoms with E-state index < -0.39 is 0 Å². The van der Waals surface area contributed by atoms with E-state index >= 15 is 0 Å². The minimum absolute atomic E-state index is 0.225. The Bertz CT molecular complexity index is 337. The first kappa shape index (κ1) is 15.5. The number of hydrogen-bond acceptors (Lipinski definition) is 2. The van der Waals surface area contributed by atoms with Gasteiger partial charge >= 0.3 is 0 Å². The third-order valence-corrected chi connectivity index (χ3v) is 3.39. The van der Waals surface area contributed by atoms with Crippen LogP contribution in [0.5, 0.6) is 0 Å². The molecule has 0 amide bonds. The van der Waals surface area contributed by atoms with Crippen LogP contribution in [0.25, 0.3) is 0 Å². The lowest BCUT2D eigenvalue weighted by Gasteiger charge is -2.21. The van der Waals surface area contributed by atoms with E-state index in [1.165, 1.54) is 5.56 Å². The number of rotatable bonds is 7. The summed E-state index contributed by atoms with van der Waals surface area (Å²) < 4.78 is 0. The van der Waals surface area contributed by atoms with Crippen LogP contribution in [0.1, 0.15) is 45.2 Å². The monoisotopic (exact) mass is 269 g/mol. The zero-order chi connectivity index (χ0) is 13.5. The lowest BCUT2D eigenvalue weighted by Crippen LogP contribution is -2.27. The lowest BCUT2D eigenvalue weighted by atomic mass is 10.0. The smallest absolute Gasteiger partial charge is 0.0515 e. The van der Waals surface area contributed by atoms with Crippen LogP contribution < -0.4 is 5.32 Å². The highest BCUT2D eigenvalue weighted by molar-refractivity contribution is 6.30. The van der Waals surface area contributed by atoms with Gasteiger partial charge in [0.1, 0.15) is 0 Å². The summed E-state index contributed by atoms with van der Waals surface area (Å²) in [7, 11) is 0. The number of hydrogen-bond donors (Lipinski definition) is 2. The Balaban J connectivity index is 2.49. The van der Waals surface area contributed by atoms with E-state index in [-0.39, 0.29) is 6.10 Å². The van der Waals surface area contributed by atoms with Gasteiger partial charge in [0.15, 0.2) is 0 Å². The van der Waals surface area contributed by atoms with E-state index in [0.717, 1.165) is 24.4 Å². The quantitative estimate of drug-likeness (QED) is 0.789. The molecule has 0 aliphatic carbocycles. The van der Waals surface area contributed by atoms with Crippen molar-refractivity contribution < 1.29 is 5.11 Å². The fourth-order valence-electron chi connectivity index (χ4n) is 2.20. The Kier molecular flexibility index (Phi) is 6.69. The topological polar surface area (TPSA) is 32.3 Å². The van der Waals surface area contributed by atoms with Crippen molar-refractivity contribution in [2.75, 3.05) is 6.54 Å². The standard InChI is InChI=1S/C15H24ClNO/c1-4-15(13-5-7-14(16)8-6-13)17-10-11(2)9-12(3)18/h5-8,11-12,15,17-18H,4,9-10H2,1-3H3. The largest absolute Gasteiger partial charge is 0.393 e. The molecule has 18 heavy (non-hydrogen) atoms. The number of nitrogens with one attached hydrogen (secondary N) is 1. The summed E-state index contributed by atoms with van der Waals surface area (Å²) in [5.41, 5.74) is 1.27. The zero-order valence-electron chi connectivity index (χ0n) is 11.5. The molecule has 1 aromatic carbocycles. The Morgan fingerprint density at radius 2 is 1.83 bits per heavy atom. The molecule has 2 N–H and O–H groups in total. The molecule has 0 aromatic heterocycles. The van der Waals surface area contributed by atoms with Crippen molar-refractivity contribution in [1.82, 2.24) is 5.32 Å². The number of halogens is 1. The first-order valence-electron chi connectivity index (χ1n) is 6.69. The minimum Gasteiger partial charge on any atom is -0.393 e. The SMILES string of the molecule is CCC(NCC(C)CC(C)O)c1ccc(Cl)cc1. The van der Waals surface area contributed by atoms with Crippen LogP contribution in [0.15, 0.2) is 24.3 Å². The maximum atomic E-state index is 9.35. The van der Waals surface area contributed by atoms with Crippen molar-refractivity contribution in [3.8, 4) is 0 Å². The summed E-state index contributed by atoms with van der Waals surface area (Å²) in [6.45, 7) is 7.10. The highest BCUT2D eigenvalue weighted by atomic mass is 35.5. The molecule has 3 atom stereocenters. The molecule has 2 nitrogen and oxygen atoms in total. The van der Waals surface area contributed by atoms with Crippen LogP contribution in [0.3, 0.4) is 0 Å². The molecule has 1 aromatic rings. The second-order valence-electron chi connectivity index (χ2n) is 5.11. The summed E-state index contributed by atoms with van der Waals surface area (Å²) in [6, 6.07) is 8.37. The number of aliphatic hydroxyl groups is 1. The van der Waals surface area contributed by atoms with E-state index in [1.807, 2.05) is 19.1 Å². The van der Waals surface area contributed by atoms with Gasteiger partial charge in [-0.1, -0.05) is 37.6 Å². The number of benzene rings is 1. The highest BCUT2D eigenvalue weighted by Gasteiger charge is 2.11. The van der Waals surface area contributed by atoms with Gasteiger partial charge in [0.2, 0.25) is 0 Å². The Morgan fingerprint density at radius 1 is 1.22 bits per heavy atom. The van der Waals surface area contributed by atoms with Gasteiger partial charge in [-0.2, -0.15) is 0 Å². The van der Waals surface area contributed by atoms with Crippen LogP contribution >= 0.6 is 11.6 Å². The fraction of sp³-hybridized carbons (Fsp3) is 0.600. The van der Waals surface area contributed by atoms with Gasteiger partial charge in [0.25, 0.3) is 0 Å². The van der Waals surface area contributed by atoms with E-state index in [9.17, 15) is 5.11 Å². The van der Waals surface area contributed by atoms with Gasteiger partial charge in [-0.3, -0.25) is 0 Å². The molecule has 0 bridgehead atoms. The molecule has 0 saturated carbocycles. The van der Waals surface area contributed by atoms with E-state index in [1.54, 1.807) is 0 Å². The van der Waals surface area contributed by atoms with Crippen molar-refractivity contribution >= 4 is 11.6 Å². The first-order valence-corrected chi connectivity index (χ1v) is 7.07. The van der Waals surface area contributed by atoms with Gasteiger partial charge < -0.3 is 10.4 Å². The van der Waals surface area contributed by atoms with Crippen molar-refractivity contribution in [3.63, 3.8) is 0 Å². The molecule has 0 fully saturated rings. The summed E-state index contributed by atoms with van der Waals surface area (Å²) >= 11 is 5.90. The number of aliphatic hydroxyl groups excluding tert-OH is 1. The van der Waals surface area contributed by atoms with Gasteiger partial charge in [-0.15, -0.1) is 0 Å². The Hall–Kier alpha value is -0.570. The summed E-state index contributed by atoms with van der Waals surface area (Å²) in [5, 5.41) is 13.7. The van der Waals surface area contributed by atoms with Crippen LogP contribution in [0, 0.1) is 5.92 Å². The molecule has 3 unspecified atom stereocenters. The van der Waals surface area contributed by atoms with Crippen molar-refractivity contribution in [3.05, 3.63) is 34.9 Å². The molecular formula is C15H24ClNO. The fourth-order valence-corrected chi connectivity index (χ4v) is 2.33. The first-order chi connectivity index (χ1) is 8.52. The average molecular weight is 270 g/mol. The minimum atomic E-state index is -0.225. The molecule has 1 rings (SSSR count). The van der Waals surface area contributed by atoms with Gasteiger partial charge in [-0.25, -0.2) is 0 Å². The van der Waals surface area contributed by atoms with Gasteiger partial charge in [0, 0.05) is 11.1 Å². The molecule has 0 radical (unpaired) electrons. The second kappa shape index (κ2) is 7.78. The van der Waals surface area contributed by atoms with Crippen molar-refractivity contribution in [1.29, 1.82) is 0 Å². The second-order valence-corrected chi connectivity index (χ2v) is 5.55. The molecular weight excluding hydrogens is 246 g/mol. The maximum Gasteiger partial charge on any atom is 0.0515 e. The predicted molar refractivity (Wildman–Crippen MR) is 77.9 cm³/mol. The summed E-state index contributed by atoms with van der Waals surface area (Å²) in [5.74, 6) is 0.478. The normalized spacial score (nSPS) is 16.3. The average Bonchev–Trinajstić information content (AvgIpc) is 2.31. The van der Waals surface area contributed by atoms with E-state index in [2.05, 4.69) is 31.3 Å². The molecule has 3 heteroatoms. The van der Waals surface area contributed by atoms with Crippen LogP contribution in [0.2, 0.25) is 5.02 Å². The third kappa shape index (κ3) is 5.38. The molecule has 0 saturated heterocycles. The van der Waals surface area contributed by atoms with Crippen LogP contribution in [0.4, 0.5) is 0 Å². The van der Waals surface area contributed by atoms with Gasteiger partial charge in [0.05, 0.1) is 6.10 Å². The van der Waals surface area contributed by atoms with Crippen molar-refractivity contribution in [2.24, 2.45) is 5.92 Å². The highest BCUT2D eigenvalue weighted by Crippen LogP contribution is 2.19. The molecule has 0 heterocycles. The summed E-state index contributed by atoms with van der Waals surface area (Å²) in [4.78, 5) is 0. The molecule has 0 aliphatic heterocycles. The third-order valence-electron chi connectivity index (χ3n) is 3.14. The molecule has 102 valence electrons. The van der Waals surface area contributed by atoms with Crippen molar-refractivity contribution in [2.45, 2.75) is 45.8 Å².